The molecule has 10 heteroatoms. The van der Waals surface area contributed by atoms with Crippen molar-refractivity contribution in [1.82, 2.24) is 14.7 Å². The molecule has 2 amide bonds. The van der Waals surface area contributed by atoms with E-state index in [1.54, 1.807) is 17.9 Å². The summed E-state index contributed by atoms with van der Waals surface area (Å²) in [5.41, 5.74) is -1.16. The lowest BCUT2D eigenvalue weighted by molar-refractivity contribution is -0.153. The minimum absolute atomic E-state index is 0.277. The van der Waals surface area contributed by atoms with Crippen molar-refractivity contribution < 1.29 is 34.1 Å². The topological polar surface area (TPSA) is 120 Å². The molecule has 4 heterocycles. The minimum Gasteiger partial charge on any atom is -0.481 e. The summed E-state index contributed by atoms with van der Waals surface area (Å²) >= 11 is 0. The van der Waals surface area contributed by atoms with Gasteiger partial charge in [-0.25, -0.2) is 0 Å². The zero-order valence-corrected chi connectivity index (χ0v) is 18.5. The number of rotatable bonds is 9. The van der Waals surface area contributed by atoms with E-state index in [4.69, 9.17) is 9.47 Å². The summed E-state index contributed by atoms with van der Waals surface area (Å²) in [7, 11) is 0. The van der Waals surface area contributed by atoms with Crippen LogP contribution in [0.4, 0.5) is 0 Å². The van der Waals surface area contributed by atoms with E-state index in [1.807, 2.05) is 0 Å². The molecular formula is C22H33N3O7. The van der Waals surface area contributed by atoms with Gasteiger partial charge in [0.05, 0.1) is 43.8 Å². The lowest BCUT2D eigenvalue weighted by atomic mass is 9.70. The van der Waals surface area contributed by atoms with Gasteiger partial charge in [-0.1, -0.05) is 6.08 Å². The molecule has 4 rings (SSSR count). The Bertz CT molecular complexity index is 771. The van der Waals surface area contributed by atoms with Crippen molar-refractivity contribution in [2.24, 2.45) is 11.8 Å². The molecular weight excluding hydrogens is 418 g/mol. The molecule has 0 unspecified atom stereocenters. The summed E-state index contributed by atoms with van der Waals surface area (Å²) in [5.74, 6) is -3.64. The number of amides is 2. The molecule has 32 heavy (non-hydrogen) atoms. The van der Waals surface area contributed by atoms with Crippen LogP contribution in [0.25, 0.3) is 0 Å². The lowest BCUT2D eigenvalue weighted by Crippen LogP contribution is -2.59. The fourth-order valence-electron chi connectivity index (χ4n) is 5.92. The number of aliphatic hydroxyl groups is 1. The lowest BCUT2D eigenvalue weighted by Gasteiger charge is -2.39. The van der Waals surface area contributed by atoms with Crippen LogP contribution in [-0.2, 0) is 23.9 Å². The van der Waals surface area contributed by atoms with Gasteiger partial charge in [0.15, 0.2) is 0 Å². The molecule has 6 atom stereocenters. The standard InChI is InChI=1S/C22H33N3O7/c1-3-6-24(8-7-23-9-11-31-12-10-23)20(28)18-22-5-4-15(32-22)16(21(29)30)17(22)19(27)25(18)14(2)13-26/h3,14-18,26H,1,4-13H2,2H3,(H,29,30)/t14-,15+,16-,17-,18+,22-/m1/s1. The Balaban J connectivity index is 1.63. The first-order chi connectivity index (χ1) is 15.4. The first-order valence-corrected chi connectivity index (χ1v) is 11.4. The van der Waals surface area contributed by atoms with Gasteiger partial charge in [-0.15, -0.1) is 6.58 Å². The number of carboxylic acids is 1. The van der Waals surface area contributed by atoms with Crippen LogP contribution >= 0.6 is 0 Å². The van der Waals surface area contributed by atoms with Gasteiger partial charge in [0.1, 0.15) is 11.6 Å². The molecule has 0 aromatic heterocycles. The number of hydrogen-bond acceptors (Lipinski definition) is 7. The molecule has 0 aliphatic carbocycles. The highest BCUT2D eigenvalue weighted by atomic mass is 16.5. The van der Waals surface area contributed by atoms with E-state index < -0.39 is 47.5 Å². The molecule has 4 aliphatic heterocycles. The number of fused-ring (bicyclic) bond motifs is 1. The van der Waals surface area contributed by atoms with Crippen molar-refractivity contribution >= 4 is 17.8 Å². The third-order valence-corrected chi connectivity index (χ3v) is 7.45. The Morgan fingerprint density at radius 2 is 2.09 bits per heavy atom. The van der Waals surface area contributed by atoms with Crippen molar-refractivity contribution in [3.63, 3.8) is 0 Å². The molecule has 4 fully saturated rings. The molecule has 4 saturated heterocycles. The Hall–Kier alpha value is -2.01. The molecule has 2 N–H and O–H groups in total. The third-order valence-electron chi connectivity index (χ3n) is 7.45. The highest BCUT2D eigenvalue weighted by molar-refractivity contribution is 5.98. The molecule has 0 aromatic carbocycles. The summed E-state index contributed by atoms with van der Waals surface area (Å²) in [6.07, 6.45) is 2.04. The summed E-state index contributed by atoms with van der Waals surface area (Å²) in [5, 5.41) is 19.6. The molecule has 0 radical (unpaired) electrons. The maximum absolute atomic E-state index is 13.9. The average Bonchev–Trinajstić information content (AvgIpc) is 3.43. The Kier molecular flexibility index (Phi) is 6.58. The van der Waals surface area contributed by atoms with Crippen LogP contribution in [-0.4, -0.2) is 119 Å². The first-order valence-electron chi connectivity index (χ1n) is 11.4. The third kappa shape index (κ3) is 3.63. The van der Waals surface area contributed by atoms with Crippen LogP contribution in [0.15, 0.2) is 12.7 Å². The minimum atomic E-state index is -1.16. The van der Waals surface area contributed by atoms with Crippen LogP contribution in [0.3, 0.4) is 0 Å². The van der Waals surface area contributed by atoms with Crippen LogP contribution in [0.1, 0.15) is 19.8 Å². The number of likely N-dealkylation sites (tertiary alicyclic amines) is 1. The van der Waals surface area contributed by atoms with Crippen molar-refractivity contribution in [3.05, 3.63) is 12.7 Å². The molecule has 0 saturated carbocycles. The van der Waals surface area contributed by atoms with Crippen LogP contribution in [0, 0.1) is 11.8 Å². The molecule has 4 aliphatic rings. The molecule has 2 bridgehead atoms. The fourth-order valence-corrected chi connectivity index (χ4v) is 5.92. The smallest absolute Gasteiger partial charge is 0.310 e. The molecule has 1 spiro atoms. The second-order valence-corrected chi connectivity index (χ2v) is 9.20. The second kappa shape index (κ2) is 9.09. The number of nitrogens with zero attached hydrogens (tertiary/aromatic N) is 3. The van der Waals surface area contributed by atoms with Crippen LogP contribution < -0.4 is 0 Å². The molecule has 0 aromatic rings. The Morgan fingerprint density at radius 3 is 2.72 bits per heavy atom. The number of aliphatic carboxylic acids is 1. The van der Waals surface area contributed by atoms with Gasteiger partial charge in [-0.3, -0.25) is 19.3 Å². The average molecular weight is 452 g/mol. The summed E-state index contributed by atoms with van der Waals surface area (Å²) in [6, 6.07) is -1.58. The quantitative estimate of drug-likeness (QED) is 0.436. The van der Waals surface area contributed by atoms with Gasteiger partial charge < -0.3 is 29.5 Å². The number of carboxylic acid groups (broad SMARTS) is 1. The predicted molar refractivity (Wildman–Crippen MR) is 113 cm³/mol. The van der Waals surface area contributed by atoms with Crippen molar-refractivity contribution in [3.8, 4) is 0 Å². The highest BCUT2D eigenvalue weighted by Crippen LogP contribution is 2.58. The zero-order chi connectivity index (χ0) is 23.0. The van der Waals surface area contributed by atoms with E-state index in [9.17, 15) is 24.6 Å². The van der Waals surface area contributed by atoms with E-state index >= 15 is 0 Å². The van der Waals surface area contributed by atoms with Crippen molar-refractivity contribution in [2.75, 3.05) is 52.5 Å². The summed E-state index contributed by atoms with van der Waals surface area (Å²) < 4.78 is 11.6. The van der Waals surface area contributed by atoms with Gasteiger partial charge in [0.2, 0.25) is 11.8 Å². The maximum Gasteiger partial charge on any atom is 0.310 e. The monoisotopic (exact) mass is 451 g/mol. The van der Waals surface area contributed by atoms with Crippen LogP contribution in [0.5, 0.6) is 0 Å². The van der Waals surface area contributed by atoms with E-state index in [0.29, 0.717) is 45.7 Å². The van der Waals surface area contributed by atoms with Gasteiger partial charge in [-0.05, 0) is 19.8 Å². The van der Waals surface area contributed by atoms with Gasteiger partial charge in [-0.2, -0.15) is 0 Å². The summed E-state index contributed by atoms with van der Waals surface area (Å²) in [6.45, 7) is 9.45. The van der Waals surface area contributed by atoms with Crippen molar-refractivity contribution in [2.45, 2.75) is 43.6 Å². The molecule has 10 nitrogen and oxygen atoms in total. The number of hydrogen-bond donors (Lipinski definition) is 2. The van der Waals surface area contributed by atoms with E-state index in [1.165, 1.54) is 4.90 Å². The molecule has 178 valence electrons. The second-order valence-electron chi connectivity index (χ2n) is 9.20. The SMILES string of the molecule is C=CCN(CCN1CCOCC1)C(=O)[C@@H]1N([C@H](C)CO)C(=O)[C@H]2[C@H](C(=O)O)[C@@H]3CC[C@]12O3. The largest absolute Gasteiger partial charge is 0.481 e. The van der Waals surface area contributed by atoms with Gasteiger partial charge in [0.25, 0.3) is 0 Å². The summed E-state index contributed by atoms with van der Waals surface area (Å²) in [4.78, 5) is 44.6. The normalized spacial score (nSPS) is 35.1. The van der Waals surface area contributed by atoms with E-state index in [-0.39, 0.29) is 12.5 Å². The Labute approximate surface area is 187 Å². The number of ether oxygens (including phenoxy) is 2. The van der Waals surface area contributed by atoms with Gasteiger partial charge in [0, 0.05) is 32.7 Å². The maximum atomic E-state index is 13.9. The number of aliphatic hydroxyl groups excluding tert-OH is 1. The number of morpholine rings is 1. The number of carbonyl (C=O) groups excluding carboxylic acids is 2. The van der Waals surface area contributed by atoms with E-state index in [2.05, 4.69) is 11.5 Å². The predicted octanol–water partition coefficient (Wildman–Crippen LogP) is -0.827. The van der Waals surface area contributed by atoms with Crippen molar-refractivity contribution in [1.29, 1.82) is 0 Å². The fraction of sp³-hybridized carbons (Fsp3) is 0.773. The van der Waals surface area contributed by atoms with Crippen LogP contribution in [0.2, 0.25) is 0 Å². The highest BCUT2D eigenvalue weighted by Gasteiger charge is 2.75. The number of carbonyl (C=O) groups is 3. The zero-order valence-electron chi connectivity index (χ0n) is 18.5. The van der Waals surface area contributed by atoms with Gasteiger partial charge >= 0.3 is 5.97 Å². The van der Waals surface area contributed by atoms with E-state index in [0.717, 1.165) is 13.1 Å². The first kappa shape index (κ1) is 23.2. The Morgan fingerprint density at radius 1 is 1.38 bits per heavy atom.